The van der Waals surface area contributed by atoms with E-state index in [1.807, 2.05) is 36.1 Å². The van der Waals surface area contributed by atoms with E-state index in [0.29, 0.717) is 25.4 Å². The van der Waals surface area contributed by atoms with Crippen LogP contribution in [0.4, 0.5) is 10.1 Å². The van der Waals surface area contributed by atoms with Gasteiger partial charge in [0.25, 0.3) is 0 Å². The van der Waals surface area contributed by atoms with Gasteiger partial charge in [0.05, 0.1) is 18.1 Å². The van der Waals surface area contributed by atoms with Crippen LogP contribution < -0.4 is 14.8 Å². The molecule has 31 heavy (non-hydrogen) atoms. The topological polar surface area (TPSA) is 67.9 Å². The summed E-state index contributed by atoms with van der Waals surface area (Å²) in [7, 11) is 0. The van der Waals surface area contributed by atoms with Gasteiger partial charge >= 0.3 is 0 Å². The molecular weight excluding hydrogens is 419 g/mol. The van der Waals surface area contributed by atoms with Gasteiger partial charge in [0, 0.05) is 31.6 Å². The Kier molecular flexibility index (Phi) is 8.58. The van der Waals surface area contributed by atoms with Crippen LogP contribution in [0.5, 0.6) is 11.5 Å². The van der Waals surface area contributed by atoms with Gasteiger partial charge in [-0.25, -0.2) is 4.39 Å². The van der Waals surface area contributed by atoms with Crippen molar-refractivity contribution in [1.29, 1.82) is 0 Å². The van der Waals surface area contributed by atoms with Crippen LogP contribution in [0.15, 0.2) is 48.5 Å². The Morgan fingerprint density at radius 2 is 1.74 bits per heavy atom. The number of thioether (sulfide) groups is 1. The molecule has 166 valence electrons. The molecule has 1 N–H and O–H groups in total. The van der Waals surface area contributed by atoms with Crippen LogP contribution in [0.3, 0.4) is 0 Å². The van der Waals surface area contributed by atoms with E-state index in [1.165, 1.54) is 36.0 Å². The molecule has 0 spiro atoms. The fourth-order valence-corrected chi connectivity index (χ4v) is 3.99. The molecule has 8 heteroatoms. The standard InChI is InChI=1S/C23H27FN2O4S/c1-2-29-20-5-3-4-6-21(20)30-19-11-13-26(14-12-19)23(28)16-31-15-22(27)25-18-9-7-17(24)8-10-18/h3-10,19H,2,11-16H2,1H3,(H,25,27). The Bertz CT molecular complexity index is 870. The Morgan fingerprint density at radius 1 is 1.06 bits per heavy atom. The lowest BCUT2D eigenvalue weighted by molar-refractivity contribution is -0.130. The number of nitrogens with zero attached hydrogens (tertiary/aromatic N) is 1. The minimum absolute atomic E-state index is 0.0211. The Hall–Kier alpha value is -2.74. The van der Waals surface area contributed by atoms with Crippen molar-refractivity contribution in [2.75, 3.05) is 36.5 Å². The third-order valence-electron chi connectivity index (χ3n) is 4.82. The molecule has 2 aromatic carbocycles. The maximum Gasteiger partial charge on any atom is 0.234 e. The molecule has 1 saturated heterocycles. The highest BCUT2D eigenvalue weighted by Crippen LogP contribution is 2.29. The molecule has 2 amide bonds. The summed E-state index contributed by atoms with van der Waals surface area (Å²) in [6.07, 6.45) is 1.55. The normalized spacial score (nSPS) is 14.2. The largest absolute Gasteiger partial charge is 0.490 e. The number of ether oxygens (including phenoxy) is 2. The number of benzene rings is 2. The number of nitrogens with one attached hydrogen (secondary N) is 1. The lowest BCUT2D eigenvalue weighted by Gasteiger charge is -2.32. The molecule has 2 aromatic rings. The Balaban J connectivity index is 1.36. The van der Waals surface area contributed by atoms with E-state index in [0.717, 1.165) is 24.3 Å². The number of amides is 2. The van der Waals surface area contributed by atoms with Gasteiger partial charge in [-0.1, -0.05) is 12.1 Å². The van der Waals surface area contributed by atoms with Gasteiger partial charge < -0.3 is 19.7 Å². The summed E-state index contributed by atoms with van der Waals surface area (Å²) >= 11 is 1.27. The molecule has 0 saturated carbocycles. The number of anilines is 1. The summed E-state index contributed by atoms with van der Waals surface area (Å²) < 4.78 is 24.6. The van der Waals surface area contributed by atoms with Crippen molar-refractivity contribution in [1.82, 2.24) is 4.90 Å². The van der Waals surface area contributed by atoms with E-state index in [1.54, 1.807) is 0 Å². The molecule has 1 heterocycles. The zero-order valence-corrected chi connectivity index (χ0v) is 18.3. The molecule has 6 nitrogen and oxygen atoms in total. The number of hydrogen-bond donors (Lipinski definition) is 1. The first-order valence-electron chi connectivity index (χ1n) is 10.3. The summed E-state index contributed by atoms with van der Waals surface area (Å²) in [6, 6.07) is 13.2. The van der Waals surface area contributed by atoms with Gasteiger partial charge in [-0.15, -0.1) is 11.8 Å². The zero-order valence-electron chi connectivity index (χ0n) is 17.5. The van der Waals surface area contributed by atoms with E-state index in [4.69, 9.17) is 9.47 Å². The summed E-state index contributed by atoms with van der Waals surface area (Å²) in [5.41, 5.74) is 0.534. The van der Waals surface area contributed by atoms with Gasteiger partial charge in [0.2, 0.25) is 11.8 Å². The summed E-state index contributed by atoms with van der Waals surface area (Å²) in [6.45, 7) is 3.77. The fraction of sp³-hybridized carbons (Fsp3) is 0.391. The van der Waals surface area contributed by atoms with Crippen molar-refractivity contribution in [2.24, 2.45) is 0 Å². The lowest BCUT2D eigenvalue weighted by atomic mass is 10.1. The second-order valence-electron chi connectivity index (χ2n) is 7.13. The van der Waals surface area contributed by atoms with Crippen LogP contribution in [-0.2, 0) is 9.59 Å². The van der Waals surface area contributed by atoms with Crippen LogP contribution in [0.25, 0.3) is 0 Å². The highest BCUT2D eigenvalue weighted by molar-refractivity contribution is 8.00. The third-order valence-corrected chi connectivity index (χ3v) is 5.74. The Morgan fingerprint density at radius 3 is 2.42 bits per heavy atom. The van der Waals surface area contributed by atoms with Crippen LogP contribution in [-0.4, -0.2) is 54.0 Å². The van der Waals surface area contributed by atoms with E-state index >= 15 is 0 Å². The number of likely N-dealkylation sites (tertiary alicyclic amines) is 1. The van der Waals surface area contributed by atoms with Crippen LogP contribution in [0, 0.1) is 5.82 Å². The predicted octanol–water partition coefficient (Wildman–Crippen LogP) is 3.97. The van der Waals surface area contributed by atoms with Crippen molar-refractivity contribution >= 4 is 29.3 Å². The van der Waals surface area contributed by atoms with Crippen molar-refractivity contribution in [3.63, 3.8) is 0 Å². The molecule has 0 radical (unpaired) electrons. The summed E-state index contributed by atoms with van der Waals surface area (Å²) in [4.78, 5) is 26.2. The number of piperidine rings is 1. The quantitative estimate of drug-likeness (QED) is 0.631. The van der Waals surface area contributed by atoms with Crippen LogP contribution in [0.1, 0.15) is 19.8 Å². The maximum atomic E-state index is 12.9. The highest BCUT2D eigenvalue weighted by atomic mass is 32.2. The number of carbonyl (C=O) groups is 2. The lowest BCUT2D eigenvalue weighted by Crippen LogP contribution is -2.42. The minimum atomic E-state index is -0.356. The fourth-order valence-electron chi connectivity index (χ4n) is 3.28. The number of para-hydroxylation sites is 2. The number of carbonyl (C=O) groups excluding carboxylic acids is 2. The van der Waals surface area contributed by atoms with Gasteiger partial charge in [-0.3, -0.25) is 9.59 Å². The smallest absolute Gasteiger partial charge is 0.234 e. The first-order chi connectivity index (χ1) is 15.0. The average Bonchev–Trinajstić information content (AvgIpc) is 2.77. The molecule has 0 aromatic heterocycles. The van der Waals surface area contributed by atoms with Crippen molar-refractivity contribution in [2.45, 2.75) is 25.9 Å². The molecule has 0 aliphatic carbocycles. The first-order valence-corrected chi connectivity index (χ1v) is 11.5. The van der Waals surface area contributed by atoms with Crippen molar-refractivity contribution < 1.29 is 23.5 Å². The van der Waals surface area contributed by atoms with E-state index < -0.39 is 0 Å². The minimum Gasteiger partial charge on any atom is -0.490 e. The number of halogens is 1. The second kappa shape index (κ2) is 11.6. The second-order valence-corrected chi connectivity index (χ2v) is 8.11. The Labute approximate surface area is 186 Å². The van der Waals surface area contributed by atoms with Crippen LogP contribution in [0.2, 0.25) is 0 Å². The van der Waals surface area contributed by atoms with Crippen LogP contribution >= 0.6 is 11.8 Å². The van der Waals surface area contributed by atoms with Gasteiger partial charge in [-0.05, 0) is 43.3 Å². The molecule has 3 rings (SSSR count). The van der Waals surface area contributed by atoms with Crippen molar-refractivity contribution in [3.8, 4) is 11.5 Å². The van der Waals surface area contributed by atoms with E-state index in [-0.39, 0.29) is 35.2 Å². The molecular formula is C23H27FN2O4S. The SMILES string of the molecule is CCOc1ccccc1OC1CCN(C(=O)CSCC(=O)Nc2ccc(F)cc2)CC1. The summed E-state index contributed by atoms with van der Waals surface area (Å²) in [5, 5.41) is 2.69. The molecule has 1 aliphatic rings. The molecule has 1 fully saturated rings. The van der Waals surface area contributed by atoms with Gasteiger partial charge in [0.1, 0.15) is 11.9 Å². The van der Waals surface area contributed by atoms with Gasteiger partial charge in [-0.2, -0.15) is 0 Å². The molecule has 0 bridgehead atoms. The number of hydrogen-bond acceptors (Lipinski definition) is 5. The van der Waals surface area contributed by atoms with Crippen molar-refractivity contribution in [3.05, 3.63) is 54.3 Å². The van der Waals surface area contributed by atoms with Gasteiger partial charge in [0.15, 0.2) is 11.5 Å². The first kappa shape index (κ1) is 22.9. The highest BCUT2D eigenvalue weighted by Gasteiger charge is 2.24. The molecule has 0 atom stereocenters. The molecule has 0 unspecified atom stereocenters. The number of rotatable bonds is 9. The maximum absolute atomic E-state index is 12.9. The third kappa shape index (κ3) is 7.17. The summed E-state index contributed by atoms with van der Waals surface area (Å²) in [5.74, 6) is 1.32. The monoisotopic (exact) mass is 446 g/mol. The molecule has 1 aliphatic heterocycles. The predicted molar refractivity (Wildman–Crippen MR) is 120 cm³/mol. The van der Waals surface area contributed by atoms with E-state index in [2.05, 4.69) is 5.32 Å². The average molecular weight is 447 g/mol. The van der Waals surface area contributed by atoms with E-state index in [9.17, 15) is 14.0 Å². The zero-order chi connectivity index (χ0) is 22.1.